The summed E-state index contributed by atoms with van der Waals surface area (Å²) in [7, 11) is 2.11. The van der Waals surface area contributed by atoms with Crippen LogP contribution in [0, 0.1) is 6.92 Å². The van der Waals surface area contributed by atoms with Gasteiger partial charge in [0.15, 0.2) is 0 Å². The molecule has 2 aromatic carbocycles. The number of rotatable bonds is 7. The molecule has 3 nitrogen and oxygen atoms in total. The Morgan fingerprint density at radius 2 is 1.67 bits per heavy atom. The van der Waals surface area contributed by atoms with Gasteiger partial charge in [0, 0.05) is 25.8 Å². The van der Waals surface area contributed by atoms with E-state index in [1.807, 2.05) is 24.3 Å². The summed E-state index contributed by atoms with van der Waals surface area (Å²) in [6.07, 6.45) is 0.989. The highest BCUT2D eigenvalue weighted by Gasteiger charge is 2.00. The second kappa shape index (κ2) is 7.70. The third kappa shape index (κ3) is 4.80. The molecule has 2 rings (SSSR count). The number of nitrogens with two attached hydrogens (primary N) is 1. The van der Waals surface area contributed by atoms with Gasteiger partial charge in [-0.2, -0.15) is 0 Å². The van der Waals surface area contributed by atoms with Crippen molar-refractivity contribution in [1.29, 1.82) is 0 Å². The second-order valence-electron chi connectivity index (χ2n) is 5.31. The lowest BCUT2D eigenvalue weighted by Gasteiger charge is -2.19. The van der Waals surface area contributed by atoms with E-state index in [9.17, 15) is 0 Å². The number of nitrogens with zero attached hydrogens (tertiary/aromatic N) is 1. The highest BCUT2D eigenvalue weighted by atomic mass is 16.5. The predicted octanol–water partition coefficient (Wildman–Crippen LogP) is 3.36. The molecule has 2 aromatic rings. The number of aryl methyl sites for hydroxylation is 1. The Labute approximate surface area is 127 Å². The standard InChI is InChI=1S/C18H24N2O/c1-15-4-8-17(9-5-15)20(2)12-3-13-21-18-10-6-16(14-19)7-11-18/h4-11H,3,12-14,19H2,1-2H3. The molecule has 0 radical (unpaired) electrons. The first-order valence-corrected chi connectivity index (χ1v) is 7.38. The van der Waals surface area contributed by atoms with Crippen LogP contribution in [-0.4, -0.2) is 20.2 Å². The molecule has 0 unspecified atom stereocenters. The van der Waals surface area contributed by atoms with Crippen LogP contribution < -0.4 is 15.4 Å². The van der Waals surface area contributed by atoms with E-state index >= 15 is 0 Å². The van der Waals surface area contributed by atoms with Crippen molar-refractivity contribution in [2.24, 2.45) is 5.73 Å². The minimum atomic E-state index is 0.571. The minimum absolute atomic E-state index is 0.571. The minimum Gasteiger partial charge on any atom is -0.494 e. The number of hydrogen-bond acceptors (Lipinski definition) is 3. The maximum atomic E-state index is 5.74. The average molecular weight is 284 g/mol. The highest BCUT2D eigenvalue weighted by molar-refractivity contribution is 5.46. The van der Waals surface area contributed by atoms with Crippen LogP contribution in [0.25, 0.3) is 0 Å². The molecule has 0 fully saturated rings. The third-order valence-corrected chi connectivity index (χ3v) is 3.54. The molecule has 0 aliphatic rings. The molecule has 0 amide bonds. The molecule has 0 heterocycles. The lowest BCUT2D eigenvalue weighted by molar-refractivity contribution is 0.312. The molecule has 0 saturated heterocycles. The largest absolute Gasteiger partial charge is 0.494 e. The number of anilines is 1. The Hall–Kier alpha value is -2.00. The molecular formula is C18H24N2O. The van der Waals surface area contributed by atoms with Crippen molar-refractivity contribution in [1.82, 2.24) is 0 Å². The van der Waals surface area contributed by atoms with E-state index in [2.05, 4.69) is 43.1 Å². The first kappa shape index (κ1) is 15.4. The van der Waals surface area contributed by atoms with Gasteiger partial charge in [-0.15, -0.1) is 0 Å². The maximum Gasteiger partial charge on any atom is 0.119 e. The van der Waals surface area contributed by atoms with Crippen LogP contribution in [-0.2, 0) is 6.54 Å². The Bertz CT molecular complexity index is 534. The molecule has 3 heteroatoms. The second-order valence-corrected chi connectivity index (χ2v) is 5.31. The smallest absolute Gasteiger partial charge is 0.119 e. The van der Waals surface area contributed by atoms with Gasteiger partial charge < -0.3 is 15.4 Å². The van der Waals surface area contributed by atoms with Crippen LogP contribution in [0.2, 0.25) is 0 Å². The van der Waals surface area contributed by atoms with Gasteiger partial charge in [-0.3, -0.25) is 0 Å². The van der Waals surface area contributed by atoms with E-state index in [-0.39, 0.29) is 0 Å². The number of ether oxygens (including phenoxy) is 1. The van der Waals surface area contributed by atoms with Gasteiger partial charge in [0.25, 0.3) is 0 Å². The van der Waals surface area contributed by atoms with E-state index in [0.29, 0.717) is 6.54 Å². The van der Waals surface area contributed by atoms with Crippen molar-refractivity contribution in [3.63, 3.8) is 0 Å². The van der Waals surface area contributed by atoms with Crippen LogP contribution in [0.4, 0.5) is 5.69 Å². The Morgan fingerprint density at radius 1 is 1.00 bits per heavy atom. The van der Waals surface area contributed by atoms with Gasteiger partial charge in [-0.05, 0) is 43.2 Å². The average Bonchev–Trinajstić information content (AvgIpc) is 2.52. The third-order valence-electron chi connectivity index (χ3n) is 3.54. The monoisotopic (exact) mass is 284 g/mol. The maximum absolute atomic E-state index is 5.74. The van der Waals surface area contributed by atoms with Crippen molar-refractivity contribution in [2.75, 3.05) is 25.1 Å². The highest BCUT2D eigenvalue weighted by Crippen LogP contribution is 2.14. The SMILES string of the molecule is Cc1ccc(N(C)CCCOc2ccc(CN)cc2)cc1. The fraction of sp³-hybridized carbons (Fsp3) is 0.333. The van der Waals surface area contributed by atoms with Crippen LogP contribution in [0.15, 0.2) is 48.5 Å². The molecule has 0 saturated carbocycles. The molecule has 0 aliphatic heterocycles. The van der Waals surface area contributed by atoms with Crippen LogP contribution in [0.5, 0.6) is 5.75 Å². The summed E-state index contributed by atoms with van der Waals surface area (Å²) in [5.74, 6) is 0.908. The van der Waals surface area contributed by atoms with Gasteiger partial charge >= 0.3 is 0 Å². The quantitative estimate of drug-likeness (QED) is 0.792. The van der Waals surface area contributed by atoms with Crippen LogP contribution in [0.3, 0.4) is 0 Å². The predicted molar refractivity (Wildman–Crippen MR) is 88.9 cm³/mol. The Balaban J connectivity index is 1.72. The Morgan fingerprint density at radius 3 is 2.29 bits per heavy atom. The van der Waals surface area contributed by atoms with Crippen LogP contribution in [0.1, 0.15) is 17.5 Å². The summed E-state index contributed by atoms with van der Waals surface area (Å²) in [4.78, 5) is 2.25. The summed E-state index contributed by atoms with van der Waals surface area (Å²) in [5, 5.41) is 0. The fourth-order valence-electron chi connectivity index (χ4n) is 2.14. The van der Waals surface area contributed by atoms with E-state index in [4.69, 9.17) is 10.5 Å². The topological polar surface area (TPSA) is 38.5 Å². The molecule has 0 atom stereocenters. The van der Waals surface area contributed by atoms with E-state index < -0.39 is 0 Å². The summed E-state index contributed by atoms with van der Waals surface area (Å²) < 4.78 is 5.74. The molecular weight excluding hydrogens is 260 g/mol. The van der Waals surface area contributed by atoms with E-state index in [1.165, 1.54) is 11.3 Å². The molecule has 0 aromatic heterocycles. The number of hydrogen-bond donors (Lipinski definition) is 1. The molecule has 0 spiro atoms. The van der Waals surface area contributed by atoms with Gasteiger partial charge in [-0.25, -0.2) is 0 Å². The Kier molecular flexibility index (Phi) is 5.64. The molecule has 0 aliphatic carbocycles. The zero-order valence-corrected chi connectivity index (χ0v) is 12.9. The first-order valence-electron chi connectivity index (χ1n) is 7.38. The first-order chi connectivity index (χ1) is 10.2. The molecule has 2 N–H and O–H groups in total. The van der Waals surface area contributed by atoms with Crippen molar-refractivity contribution in [3.8, 4) is 5.75 Å². The normalized spacial score (nSPS) is 10.4. The lowest BCUT2D eigenvalue weighted by Crippen LogP contribution is -2.20. The molecule has 0 bridgehead atoms. The summed E-state index contributed by atoms with van der Waals surface area (Å²) >= 11 is 0. The van der Waals surface area contributed by atoms with Crippen LogP contribution >= 0.6 is 0 Å². The van der Waals surface area contributed by atoms with Crippen molar-refractivity contribution < 1.29 is 4.74 Å². The lowest BCUT2D eigenvalue weighted by atomic mass is 10.2. The van der Waals surface area contributed by atoms with Gasteiger partial charge in [0.1, 0.15) is 5.75 Å². The van der Waals surface area contributed by atoms with Crippen molar-refractivity contribution in [3.05, 3.63) is 59.7 Å². The van der Waals surface area contributed by atoms with Crippen molar-refractivity contribution >= 4 is 5.69 Å². The summed E-state index contributed by atoms with van der Waals surface area (Å²) in [6.45, 7) is 4.37. The molecule has 112 valence electrons. The zero-order valence-electron chi connectivity index (χ0n) is 12.9. The number of benzene rings is 2. The van der Waals surface area contributed by atoms with E-state index in [1.54, 1.807) is 0 Å². The fourth-order valence-corrected chi connectivity index (χ4v) is 2.14. The van der Waals surface area contributed by atoms with Gasteiger partial charge in [0.2, 0.25) is 0 Å². The van der Waals surface area contributed by atoms with Gasteiger partial charge in [-0.1, -0.05) is 29.8 Å². The summed E-state index contributed by atoms with van der Waals surface area (Å²) in [5.41, 5.74) is 9.23. The summed E-state index contributed by atoms with van der Waals surface area (Å²) in [6, 6.07) is 16.6. The zero-order chi connectivity index (χ0) is 15.1. The van der Waals surface area contributed by atoms with E-state index in [0.717, 1.165) is 30.9 Å². The van der Waals surface area contributed by atoms with Gasteiger partial charge in [0.05, 0.1) is 6.61 Å². The molecule has 21 heavy (non-hydrogen) atoms. The van der Waals surface area contributed by atoms with Crippen molar-refractivity contribution in [2.45, 2.75) is 19.9 Å².